The largest absolute Gasteiger partial charge is 0.484 e. The van der Waals surface area contributed by atoms with Crippen LogP contribution in [0.1, 0.15) is 10.4 Å². The summed E-state index contributed by atoms with van der Waals surface area (Å²) in [5.74, 6) is -1.03. The first kappa shape index (κ1) is 15.9. The van der Waals surface area contributed by atoms with Gasteiger partial charge in [-0.25, -0.2) is 9.31 Å². The number of halogens is 1. The van der Waals surface area contributed by atoms with E-state index in [1.807, 2.05) is 6.07 Å². The molecule has 2 aromatic heterocycles. The molecule has 0 bridgehead atoms. The molecule has 0 saturated heterocycles. The number of nitrogens with zero attached hydrogens (tertiary/aromatic N) is 3. The number of nitrogens with one attached hydrogen (secondary N) is 1. The molecular formula is C15H11BrN4O4. The summed E-state index contributed by atoms with van der Waals surface area (Å²) in [5, 5.41) is 15.7. The zero-order valence-corrected chi connectivity index (χ0v) is 13.7. The fourth-order valence-corrected chi connectivity index (χ4v) is 2.41. The van der Waals surface area contributed by atoms with Gasteiger partial charge in [0.2, 0.25) is 5.95 Å². The van der Waals surface area contributed by atoms with E-state index in [2.05, 4.69) is 31.3 Å². The Balaban J connectivity index is 1.74. The van der Waals surface area contributed by atoms with Crippen LogP contribution >= 0.6 is 15.9 Å². The van der Waals surface area contributed by atoms with Crippen molar-refractivity contribution in [1.82, 2.24) is 14.6 Å². The zero-order valence-electron chi connectivity index (χ0n) is 12.1. The third-order valence-corrected chi connectivity index (χ3v) is 3.43. The highest BCUT2D eigenvalue weighted by atomic mass is 79.9. The number of carbonyl (C=O) groups excluding carboxylic acids is 1. The number of para-hydroxylation sites is 1. The third-order valence-electron chi connectivity index (χ3n) is 2.99. The molecule has 0 aliphatic rings. The summed E-state index contributed by atoms with van der Waals surface area (Å²) in [6, 6.07) is 10.3. The summed E-state index contributed by atoms with van der Waals surface area (Å²) < 4.78 is 7.13. The molecule has 1 aromatic carbocycles. The Kier molecular flexibility index (Phi) is 4.43. The molecule has 0 fully saturated rings. The van der Waals surface area contributed by atoms with Crippen molar-refractivity contribution in [2.75, 3.05) is 11.9 Å². The molecule has 8 nitrogen and oxygen atoms in total. The van der Waals surface area contributed by atoms with Crippen molar-refractivity contribution < 1.29 is 19.4 Å². The molecule has 0 radical (unpaired) electrons. The van der Waals surface area contributed by atoms with Gasteiger partial charge in [0.15, 0.2) is 12.3 Å². The number of hydrogen-bond acceptors (Lipinski definition) is 5. The van der Waals surface area contributed by atoms with Gasteiger partial charge in [0.1, 0.15) is 11.3 Å². The first-order chi connectivity index (χ1) is 11.5. The fraction of sp³-hybridized carbons (Fsp3) is 0.0667. The summed E-state index contributed by atoms with van der Waals surface area (Å²) in [6.07, 6.45) is 1.55. The van der Waals surface area contributed by atoms with E-state index in [0.717, 1.165) is 0 Å². The van der Waals surface area contributed by atoms with Gasteiger partial charge in [-0.15, -0.1) is 5.10 Å². The number of aromatic carboxylic acids is 1. The van der Waals surface area contributed by atoms with Crippen LogP contribution in [0.5, 0.6) is 5.75 Å². The molecule has 0 atom stereocenters. The number of aromatic nitrogens is 3. The molecule has 122 valence electrons. The van der Waals surface area contributed by atoms with Gasteiger partial charge in [-0.05, 0) is 34.1 Å². The number of carboxylic acids is 1. The molecule has 0 unspecified atom stereocenters. The van der Waals surface area contributed by atoms with Crippen LogP contribution in [0.15, 0.2) is 47.1 Å². The minimum Gasteiger partial charge on any atom is -0.484 e. The van der Waals surface area contributed by atoms with Gasteiger partial charge >= 0.3 is 5.97 Å². The van der Waals surface area contributed by atoms with E-state index in [1.54, 1.807) is 30.5 Å². The smallest absolute Gasteiger partial charge is 0.339 e. The Labute approximate surface area is 144 Å². The monoisotopic (exact) mass is 390 g/mol. The van der Waals surface area contributed by atoms with Crippen molar-refractivity contribution in [3.8, 4) is 5.75 Å². The van der Waals surface area contributed by atoms with E-state index in [4.69, 9.17) is 4.74 Å². The molecule has 0 saturated carbocycles. The number of ether oxygens (including phenoxy) is 1. The maximum Gasteiger partial charge on any atom is 0.339 e. The Bertz CT molecular complexity index is 910. The van der Waals surface area contributed by atoms with Gasteiger partial charge in [-0.2, -0.15) is 4.98 Å². The van der Waals surface area contributed by atoms with Crippen molar-refractivity contribution in [1.29, 1.82) is 0 Å². The fourth-order valence-electron chi connectivity index (χ4n) is 1.99. The Morgan fingerprint density at radius 1 is 1.29 bits per heavy atom. The van der Waals surface area contributed by atoms with E-state index in [-0.39, 0.29) is 23.8 Å². The van der Waals surface area contributed by atoms with Gasteiger partial charge in [0.25, 0.3) is 5.91 Å². The maximum absolute atomic E-state index is 11.9. The maximum atomic E-state index is 11.9. The lowest BCUT2D eigenvalue weighted by Crippen LogP contribution is -2.20. The highest BCUT2D eigenvalue weighted by Crippen LogP contribution is 2.18. The van der Waals surface area contributed by atoms with Crippen LogP contribution in [0.2, 0.25) is 0 Å². The minimum atomic E-state index is -1.14. The average molecular weight is 391 g/mol. The van der Waals surface area contributed by atoms with E-state index in [9.17, 15) is 14.7 Å². The molecule has 0 aliphatic heterocycles. The quantitative estimate of drug-likeness (QED) is 0.691. The number of carbonyl (C=O) groups is 2. The first-order valence-corrected chi connectivity index (χ1v) is 7.59. The van der Waals surface area contributed by atoms with Gasteiger partial charge < -0.3 is 9.84 Å². The number of anilines is 1. The van der Waals surface area contributed by atoms with Crippen LogP contribution in [0.3, 0.4) is 0 Å². The molecule has 9 heteroatoms. The zero-order chi connectivity index (χ0) is 17.1. The van der Waals surface area contributed by atoms with Gasteiger partial charge in [0.05, 0.1) is 0 Å². The van der Waals surface area contributed by atoms with E-state index >= 15 is 0 Å². The summed E-state index contributed by atoms with van der Waals surface area (Å²) in [7, 11) is 0. The Hall–Kier alpha value is -2.94. The molecular weight excluding hydrogens is 380 g/mol. The molecule has 24 heavy (non-hydrogen) atoms. The molecule has 2 N–H and O–H groups in total. The lowest BCUT2D eigenvalue weighted by molar-refractivity contribution is -0.118. The lowest BCUT2D eigenvalue weighted by atomic mass is 10.3. The summed E-state index contributed by atoms with van der Waals surface area (Å²) in [6.45, 7) is -0.213. The van der Waals surface area contributed by atoms with Crippen molar-refractivity contribution in [3.63, 3.8) is 0 Å². The molecule has 3 rings (SSSR count). The predicted molar refractivity (Wildman–Crippen MR) is 88.2 cm³/mol. The van der Waals surface area contributed by atoms with Gasteiger partial charge in [0, 0.05) is 10.7 Å². The van der Waals surface area contributed by atoms with Crippen LogP contribution in [-0.2, 0) is 4.79 Å². The Morgan fingerprint density at radius 2 is 2.04 bits per heavy atom. The van der Waals surface area contributed by atoms with Crippen molar-refractivity contribution in [2.24, 2.45) is 0 Å². The number of fused-ring (bicyclic) bond motifs is 1. The number of pyridine rings is 1. The first-order valence-electron chi connectivity index (χ1n) is 6.80. The van der Waals surface area contributed by atoms with Gasteiger partial charge in [-0.3, -0.25) is 10.1 Å². The third kappa shape index (κ3) is 3.51. The van der Waals surface area contributed by atoms with Gasteiger partial charge in [-0.1, -0.05) is 18.2 Å². The van der Waals surface area contributed by atoms with Crippen molar-refractivity contribution >= 4 is 39.4 Å². The summed E-state index contributed by atoms with van der Waals surface area (Å²) >= 11 is 3.20. The number of carboxylic acid groups (broad SMARTS) is 1. The van der Waals surface area contributed by atoms with E-state index in [1.165, 1.54) is 10.6 Å². The number of hydrogen-bond donors (Lipinski definition) is 2. The average Bonchev–Trinajstić information content (AvgIpc) is 2.94. The van der Waals surface area contributed by atoms with Crippen LogP contribution in [0, 0.1) is 0 Å². The predicted octanol–water partition coefficient (Wildman–Crippen LogP) is 2.21. The lowest BCUT2D eigenvalue weighted by Gasteiger charge is -2.04. The summed E-state index contributed by atoms with van der Waals surface area (Å²) in [4.78, 5) is 27.2. The molecule has 2 heterocycles. The van der Waals surface area contributed by atoms with Crippen LogP contribution in [0.4, 0.5) is 5.95 Å². The summed E-state index contributed by atoms with van der Waals surface area (Å²) in [5.41, 5.74) is 0.0999. The second-order valence-electron chi connectivity index (χ2n) is 4.73. The van der Waals surface area contributed by atoms with Crippen molar-refractivity contribution in [2.45, 2.75) is 0 Å². The SMILES string of the molecule is O=C(COc1ccccc1)Nc1nc2c(C(=O)O)cc(Br)cn2n1. The number of rotatable bonds is 5. The number of amides is 1. The second-order valence-corrected chi connectivity index (χ2v) is 5.65. The molecule has 0 aliphatic carbocycles. The Morgan fingerprint density at radius 3 is 2.75 bits per heavy atom. The minimum absolute atomic E-state index is 0.00254. The number of benzene rings is 1. The topological polar surface area (TPSA) is 106 Å². The second kappa shape index (κ2) is 6.67. The van der Waals surface area contributed by atoms with Crippen molar-refractivity contribution in [3.05, 3.63) is 52.6 Å². The highest BCUT2D eigenvalue weighted by molar-refractivity contribution is 9.10. The van der Waals surface area contributed by atoms with Crippen LogP contribution in [-0.4, -0.2) is 38.2 Å². The normalized spacial score (nSPS) is 10.5. The molecule has 1 amide bonds. The molecule has 0 spiro atoms. The molecule has 3 aromatic rings. The van der Waals surface area contributed by atoms with E-state index in [0.29, 0.717) is 10.2 Å². The highest BCUT2D eigenvalue weighted by Gasteiger charge is 2.16. The van der Waals surface area contributed by atoms with Crippen LogP contribution in [0.25, 0.3) is 5.65 Å². The standard InChI is InChI=1S/C15H11BrN4O4/c16-9-6-11(14(22)23)13-18-15(19-20(13)7-9)17-12(21)8-24-10-4-2-1-3-5-10/h1-7H,8H2,(H,22,23)(H,17,19,21). The van der Waals surface area contributed by atoms with E-state index < -0.39 is 11.9 Å². The van der Waals surface area contributed by atoms with Crippen LogP contribution < -0.4 is 10.1 Å².